The molecule has 1 aromatic carbocycles. The Labute approximate surface area is 114 Å². The molecule has 0 radical (unpaired) electrons. The van der Waals surface area contributed by atoms with Gasteiger partial charge in [-0.15, -0.1) is 0 Å². The summed E-state index contributed by atoms with van der Waals surface area (Å²) in [5.74, 6) is -1.44. The highest BCUT2D eigenvalue weighted by atomic mass is 16.5. The van der Waals surface area contributed by atoms with E-state index >= 15 is 0 Å². The molecule has 0 aromatic heterocycles. The van der Waals surface area contributed by atoms with Gasteiger partial charge in [0.15, 0.2) is 0 Å². The van der Waals surface area contributed by atoms with E-state index < -0.39 is 18.1 Å². The van der Waals surface area contributed by atoms with Gasteiger partial charge in [-0.2, -0.15) is 0 Å². The van der Waals surface area contributed by atoms with Crippen LogP contribution in [0.25, 0.3) is 0 Å². The minimum atomic E-state index is -2.07. The largest absolute Gasteiger partial charge is 0.480 e. The van der Waals surface area contributed by atoms with Gasteiger partial charge in [0.2, 0.25) is 0 Å². The van der Waals surface area contributed by atoms with Crippen LogP contribution in [-0.4, -0.2) is 23.2 Å². The Morgan fingerprint density at radius 3 is 2.53 bits per heavy atom. The van der Waals surface area contributed by atoms with E-state index in [4.69, 9.17) is 11.2 Å². The number of carboxylic acid groups (broad SMARTS) is 1. The van der Waals surface area contributed by atoms with E-state index in [1.807, 2.05) is 6.07 Å². The Hall–Kier alpha value is -2.04. The van der Waals surface area contributed by atoms with Gasteiger partial charge < -0.3 is 15.2 Å². The lowest BCUT2D eigenvalue weighted by atomic mass is 10.0. The molecule has 5 heteroatoms. The summed E-state index contributed by atoms with van der Waals surface area (Å²) in [6.07, 6.45) is -0.908. The fourth-order valence-electron chi connectivity index (χ4n) is 1.48. The molecule has 0 fully saturated rings. The smallest absolute Gasteiger partial charge is 0.408 e. The molecule has 19 heavy (non-hydrogen) atoms. The van der Waals surface area contributed by atoms with Gasteiger partial charge >= 0.3 is 12.1 Å². The molecule has 1 atom stereocenters. The summed E-state index contributed by atoms with van der Waals surface area (Å²) >= 11 is 0. The normalized spacial score (nSPS) is 14.4. The summed E-state index contributed by atoms with van der Waals surface area (Å²) in [5, 5.41) is 11.2. The quantitative estimate of drug-likeness (QED) is 0.829. The molecule has 1 rings (SSSR count). The van der Waals surface area contributed by atoms with Crippen molar-refractivity contribution in [2.75, 3.05) is 0 Å². The summed E-state index contributed by atoms with van der Waals surface area (Å²) in [6, 6.07) is 6.95. The topological polar surface area (TPSA) is 75.6 Å². The molecule has 2 N–H and O–H groups in total. The summed E-state index contributed by atoms with van der Waals surface area (Å²) in [4.78, 5) is 22.7. The van der Waals surface area contributed by atoms with Crippen LogP contribution < -0.4 is 5.32 Å². The Balaban J connectivity index is 2.56. The molecule has 0 aliphatic carbocycles. The number of hydrogen-bond acceptors (Lipinski definition) is 3. The molecule has 0 saturated heterocycles. The SMILES string of the molecule is [2H][C@](CC(C)C)(NC(=O)OCc1ccccc1)C(=O)O. The molecule has 0 unspecified atom stereocenters. The van der Waals surface area contributed by atoms with Crippen LogP contribution in [0.3, 0.4) is 0 Å². The molecule has 0 bridgehead atoms. The summed E-state index contributed by atoms with van der Waals surface area (Å²) < 4.78 is 12.7. The average molecular weight is 266 g/mol. The highest BCUT2D eigenvalue weighted by Gasteiger charge is 2.21. The first-order valence-electron chi connectivity index (χ1n) is 6.56. The lowest BCUT2D eigenvalue weighted by molar-refractivity contribution is -0.139. The second-order valence-electron chi connectivity index (χ2n) is 4.57. The van der Waals surface area contributed by atoms with Crippen LogP contribution in [0.2, 0.25) is 0 Å². The fraction of sp³-hybridized carbons (Fsp3) is 0.429. The van der Waals surface area contributed by atoms with Gasteiger partial charge in [0.05, 0.1) is 1.37 Å². The standard InChI is InChI=1S/C14H19NO4/c1-10(2)8-12(13(16)17)15-14(18)19-9-11-6-4-3-5-7-11/h3-7,10,12H,8-9H2,1-2H3,(H,15,18)(H,16,17)/t12-/m1/s1/i12D. The first-order chi connectivity index (χ1) is 9.33. The van der Waals surface area contributed by atoms with Crippen LogP contribution in [-0.2, 0) is 16.1 Å². The number of carboxylic acids is 1. The van der Waals surface area contributed by atoms with E-state index in [0.29, 0.717) is 0 Å². The maximum Gasteiger partial charge on any atom is 0.408 e. The van der Waals surface area contributed by atoms with Crippen LogP contribution in [0.5, 0.6) is 0 Å². The Kier molecular flexibility index (Phi) is 5.22. The number of carbonyl (C=O) groups is 2. The van der Waals surface area contributed by atoms with Crippen molar-refractivity contribution in [2.24, 2.45) is 5.92 Å². The Bertz CT molecular complexity index is 464. The van der Waals surface area contributed by atoms with Gasteiger partial charge in [-0.25, -0.2) is 9.59 Å². The van der Waals surface area contributed by atoms with Crippen LogP contribution in [0.1, 0.15) is 27.2 Å². The third kappa shape index (κ3) is 5.90. The number of nitrogens with one attached hydrogen (secondary N) is 1. The van der Waals surface area contributed by atoms with Gasteiger partial charge in [-0.1, -0.05) is 44.2 Å². The third-order valence-electron chi connectivity index (χ3n) is 2.34. The molecule has 1 aromatic rings. The molecule has 0 heterocycles. The highest BCUT2D eigenvalue weighted by molar-refractivity contribution is 5.79. The Morgan fingerprint density at radius 2 is 2.00 bits per heavy atom. The second-order valence-corrected chi connectivity index (χ2v) is 4.57. The molecule has 1 amide bonds. The molecule has 0 aliphatic rings. The summed E-state index contributed by atoms with van der Waals surface area (Å²) in [6.45, 7) is 3.59. The number of amides is 1. The lowest BCUT2D eigenvalue weighted by Crippen LogP contribution is -2.41. The number of ether oxygens (including phenoxy) is 1. The molecule has 5 nitrogen and oxygen atoms in total. The van der Waals surface area contributed by atoms with Crippen molar-refractivity contribution >= 4 is 12.1 Å². The first-order valence-corrected chi connectivity index (χ1v) is 6.06. The summed E-state index contributed by atoms with van der Waals surface area (Å²) in [7, 11) is 0. The van der Waals surface area contributed by atoms with E-state index in [9.17, 15) is 9.59 Å². The maximum absolute atomic E-state index is 11.6. The zero-order chi connectivity index (χ0) is 15.2. The molecular formula is C14H19NO4. The predicted molar refractivity (Wildman–Crippen MR) is 70.6 cm³/mol. The van der Waals surface area contributed by atoms with Gasteiger partial charge in [0.1, 0.15) is 12.6 Å². The van der Waals surface area contributed by atoms with Crippen molar-refractivity contribution in [3.63, 3.8) is 0 Å². The van der Waals surface area contributed by atoms with Crippen LogP contribution in [0, 0.1) is 5.92 Å². The molecule has 0 saturated carbocycles. The van der Waals surface area contributed by atoms with Crippen molar-refractivity contribution in [3.05, 3.63) is 35.9 Å². The zero-order valence-electron chi connectivity index (χ0n) is 12.1. The summed E-state index contributed by atoms with van der Waals surface area (Å²) in [5.41, 5.74) is 0.789. The van der Waals surface area contributed by atoms with Gasteiger partial charge in [0.25, 0.3) is 0 Å². The minimum absolute atomic E-state index is 0.00275. The number of carbonyl (C=O) groups excluding carboxylic acids is 1. The van der Waals surface area contributed by atoms with Gasteiger partial charge in [-0.3, -0.25) is 0 Å². The molecule has 0 aliphatic heterocycles. The van der Waals surface area contributed by atoms with Crippen molar-refractivity contribution in [1.82, 2.24) is 5.32 Å². The van der Waals surface area contributed by atoms with E-state index in [1.165, 1.54) is 0 Å². The Morgan fingerprint density at radius 1 is 1.37 bits per heavy atom. The fourth-order valence-corrected chi connectivity index (χ4v) is 1.48. The van der Waals surface area contributed by atoms with Gasteiger partial charge in [0, 0.05) is 0 Å². The molecule has 0 spiro atoms. The zero-order valence-corrected chi connectivity index (χ0v) is 11.1. The van der Waals surface area contributed by atoms with Gasteiger partial charge in [-0.05, 0) is 17.9 Å². The second kappa shape index (κ2) is 7.41. The number of aliphatic carboxylic acids is 1. The van der Waals surface area contributed by atoms with Crippen LogP contribution in [0.15, 0.2) is 30.3 Å². The first kappa shape index (κ1) is 13.4. The number of alkyl carbamates (subject to hydrolysis) is 1. The van der Waals surface area contributed by atoms with E-state index in [-0.39, 0.29) is 18.9 Å². The third-order valence-corrected chi connectivity index (χ3v) is 2.34. The average Bonchev–Trinajstić information content (AvgIpc) is 2.36. The van der Waals surface area contributed by atoms with Crippen molar-refractivity contribution < 1.29 is 20.8 Å². The number of rotatable bonds is 6. The molecular weight excluding hydrogens is 246 g/mol. The number of hydrogen-bond donors (Lipinski definition) is 2. The maximum atomic E-state index is 11.6. The predicted octanol–water partition coefficient (Wildman–Crippen LogP) is 2.41. The van der Waals surface area contributed by atoms with Crippen LogP contribution >= 0.6 is 0 Å². The number of benzene rings is 1. The van der Waals surface area contributed by atoms with Crippen molar-refractivity contribution in [3.8, 4) is 0 Å². The highest BCUT2D eigenvalue weighted by Crippen LogP contribution is 2.06. The van der Waals surface area contributed by atoms with Crippen molar-refractivity contribution in [2.45, 2.75) is 32.9 Å². The van der Waals surface area contributed by atoms with E-state index in [1.54, 1.807) is 38.1 Å². The molecule has 104 valence electrons. The van der Waals surface area contributed by atoms with Crippen LogP contribution in [0.4, 0.5) is 4.79 Å². The monoisotopic (exact) mass is 266 g/mol. The van der Waals surface area contributed by atoms with Crippen molar-refractivity contribution in [1.29, 1.82) is 0 Å². The lowest BCUT2D eigenvalue weighted by Gasteiger charge is -2.16. The minimum Gasteiger partial charge on any atom is -0.480 e. The van der Waals surface area contributed by atoms with E-state index in [0.717, 1.165) is 5.56 Å². The van der Waals surface area contributed by atoms with E-state index in [2.05, 4.69) is 5.32 Å².